The lowest BCUT2D eigenvalue weighted by Gasteiger charge is -2.43. The van der Waals surface area contributed by atoms with Crippen LogP contribution < -0.4 is 45.1 Å². The second-order valence-electron chi connectivity index (χ2n) is 17.2. The monoisotopic (exact) mass is 716 g/mol. The normalized spacial score (nSPS) is 15.6. The van der Waals surface area contributed by atoms with Gasteiger partial charge in [0.2, 0.25) is 5.88 Å². The first kappa shape index (κ1) is 33.1. The number of rotatable bonds is 2. The molecule has 0 bridgehead atoms. The molecular weight excluding hydrogens is 671 g/mol. The molecule has 0 saturated heterocycles. The van der Waals surface area contributed by atoms with Crippen molar-refractivity contribution in [2.75, 3.05) is 36.2 Å². The number of hydrogen-bond acceptors (Lipinski definition) is 7. The molecule has 0 amide bonds. The van der Waals surface area contributed by atoms with Crippen LogP contribution in [0.3, 0.4) is 0 Å². The summed E-state index contributed by atoms with van der Waals surface area (Å²) in [5.41, 5.74) is 14.7. The van der Waals surface area contributed by atoms with Crippen molar-refractivity contribution in [3.63, 3.8) is 0 Å². The highest BCUT2D eigenvalue weighted by Crippen LogP contribution is 2.50. The predicted octanol–water partition coefficient (Wildman–Crippen LogP) is 9.27. The van der Waals surface area contributed by atoms with Crippen LogP contribution in [-0.4, -0.2) is 33.1 Å². The summed E-state index contributed by atoms with van der Waals surface area (Å²) in [5.74, 6) is 3.87. The van der Waals surface area contributed by atoms with E-state index in [1.165, 1.54) is 27.7 Å². The average Bonchev–Trinajstić information content (AvgIpc) is 3.52. The highest BCUT2D eigenvalue weighted by Gasteiger charge is 2.47. The first-order chi connectivity index (χ1) is 25.9. The minimum Gasteiger partial charge on any atom is -0.486 e. The van der Waals surface area contributed by atoms with E-state index >= 15 is 0 Å². The fraction of sp³-hybridized carbons (Fsp3) is 0.304. The summed E-state index contributed by atoms with van der Waals surface area (Å²) >= 11 is 0. The minimum atomic E-state index is -0.146. The van der Waals surface area contributed by atoms with Gasteiger partial charge >= 0.3 is 0 Å². The van der Waals surface area contributed by atoms with Crippen LogP contribution >= 0.6 is 0 Å². The third kappa shape index (κ3) is 4.88. The topological polar surface area (TPSA) is 56.5 Å². The molecular formula is C46H45BN2O5. The average molecular weight is 717 g/mol. The summed E-state index contributed by atoms with van der Waals surface area (Å²) in [6.07, 6.45) is 0. The molecule has 10 rings (SSSR count). The van der Waals surface area contributed by atoms with Crippen molar-refractivity contribution in [3.8, 4) is 23.0 Å². The summed E-state index contributed by atoms with van der Waals surface area (Å²) in [4.78, 5) is 4.75. The van der Waals surface area contributed by atoms with E-state index in [-0.39, 0.29) is 17.5 Å². The number of nitrogens with zero attached hydrogens (tertiary/aromatic N) is 2. The van der Waals surface area contributed by atoms with Gasteiger partial charge in [0, 0.05) is 40.0 Å². The van der Waals surface area contributed by atoms with E-state index in [0.717, 1.165) is 79.2 Å². The minimum absolute atomic E-state index is 0.0135. The Labute approximate surface area is 317 Å². The van der Waals surface area contributed by atoms with Crippen LogP contribution in [0.1, 0.15) is 63.8 Å². The number of anilines is 6. The van der Waals surface area contributed by atoms with Crippen molar-refractivity contribution >= 4 is 68.4 Å². The van der Waals surface area contributed by atoms with E-state index in [0.29, 0.717) is 26.4 Å². The lowest BCUT2D eigenvalue weighted by atomic mass is 9.33. The van der Waals surface area contributed by atoms with Gasteiger partial charge in [0.05, 0.1) is 11.4 Å². The molecule has 7 nitrogen and oxygen atoms in total. The van der Waals surface area contributed by atoms with E-state index in [4.69, 9.17) is 23.4 Å². The molecule has 272 valence electrons. The van der Waals surface area contributed by atoms with E-state index in [1.54, 1.807) is 0 Å². The largest absolute Gasteiger partial charge is 0.486 e. The smallest absolute Gasteiger partial charge is 0.257 e. The molecule has 4 aliphatic heterocycles. The van der Waals surface area contributed by atoms with Gasteiger partial charge in [0.15, 0.2) is 23.0 Å². The molecule has 8 heteroatoms. The Kier molecular flexibility index (Phi) is 7.05. The maximum Gasteiger partial charge on any atom is 0.257 e. The molecule has 6 aromatic rings. The highest BCUT2D eigenvalue weighted by molar-refractivity contribution is 7.01. The first-order valence-corrected chi connectivity index (χ1v) is 19.1. The van der Waals surface area contributed by atoms with Crippen LogP contribution in [0.4, 0.5) is 34.3 Å². The zero-order chi connectivity index (χ0) is 37.3. The Balaban J connectivity index is 1.31. The van der Waals surface area contributed by atoms with Crippen LogP contribution in [0.25, 0.3) is 11.0 Å². The van der Waals surface area contributed by atoms with Crippen molar-refractivity contribution in [1.82, 2.24) is 0 Å². The zero-order valence-electron chi connectivity index (χ0n) is 32.3. The molecule has 0 radical (unpaired) electrons. The Morgan fingerprint density at radius 2 is 1.17 bits per heavy atom. The molecule has 1 aromatic heterocycles. The van der Waals surface area contributed by atoms with Gasteiger partial charge in [-0.05, 0) is 100 Å². The number of furan rings is 1. The number of benzene rings is 5. The van der Waals surface area contributed by atoms with Gasteiger partial charge in [0.25, 0.3) is 6.71 Å². The van der Waals surface area contributed by atoms with Crippen LogP contribution in [0.15, 0.2) is 83.3 Å². The second-order valence-corrected chi connectivity index (χ2v) is 17.2. The van der Waals surface area contributed by atoms with Gasteiger partial charge < -0.3 is 28.3 Å². The van der Waals surface area contributed by atoms with E-state index in [1.807, 2.05) is 6.07 Å². The number of hydrogen-bond donors (Lipinski definition) is 0. The third-order valence-corrected chi connectivity index (χ3v) is 11.5. The van der Waals surface area contributed by atoms with E-state index < -0.39 is 0 Å². The molecule has 0 spiro atoms. The van der Waals surface area contributed by atoms with Crippen molar-refractivity contribution in [2.24, 2.45) is 0 Å². The number of fused-ring (bicyclic) bond motifs is 8. The summed E-state index contributed by atoms with van der Waals surface area (Å²) in [6.45, 7) is 20.1. The van der Waals surface area contributed by atoms with Gasteiger partial charge in [-0.2, -0.15) is 0 Å². The Morgan fingerprint density at radius 3 is 1.83 bits per heavy atom. The van der Waals surface area contributed by atoms with Crippen molar-refractivity contribution in [2.45, 2.75) is 66.2 Å². The zero-order valence-corrected chi connectivity index (χ0v) is 32.3. The van der Waals surface area contributed by atoms with Gasteiger partial charge in [-0.3, -0.25) is 4.90 Å². The molecule has 5 heterocycles. The third-order valence-electron chi connectivity index (χ3n) is 11.5. The fourth-order valence-electron chi connectivity index (χ4n) is 8.87. The van der Waals surface area contributed by atoms with Crippen LogP contribution in [0.5, 0.6) is 23.0 Å². The molecule has 4 aliphatic rings. The Morgan fingerprint density at radius 1 is 0.556 bits per heavy atom. The molecule has 0 saturated carbocycles. The molecule has 0 aliphatic carbocycles. The molecule has 54 heavy (non-hydrogen) atoms. The summed E-state index contributed by atoms with van der Waals surface area (Å²) in [6, 6.07) is 28.7. The molecule has 5 aromatic carbocycles. The maximum atomic E-state index is 7.11. The molecule has 0 fully saturated rings. The second kappa shape index (κ2) is 11.5. The predicted molar refractivity (Wildman–Crippen MR) is 219 cm³/mol. The first-order valence-electron chi connectivity index (χ1n) is 19.1. The summed E-state index contributed by atoms with van der Waals surface area (Å²) < 4.78 is 31.8. The van der Waals surface area contributed by atoms with Crippen molar-refractivity contribution < 1.29 is 23.4 Å². The Bertz CT molecular complexity index is 2520. The number of aryl methyl sites for hydroxylation is 2. The van der Waals surface area contributed by atoms with E-state index in [2.05, 4.69) is 138 Å². The van der Waals surface area contributed by atoms with Gasteiger partial charge in [0.1, 0.15) is 32.0 Å². The summed E-state index contributed by atoms with van der Waals surface area (Å²) in [7, 11) is 0. The lowest BCUT2D eigenvalue weighted by Crippen LogP contribution is -2.61. The van der Waals surface area contributed by atoms with Gasteiger partial charge in [-0.1, -0.05) is 65.8 Å². The summed E-state index contributed by atoms with van der Waals surface area (Å²) in [5, 5.41) is 1.13. The van der Waals surface area contributed by atoms with Crippen LogP contribution in [-0.2, 0) is 10.8 Å². The molecule has 0 unspecified atom stereocenters. The quantitative estimate of drug-likeness (QED) is 0.165. The highest BCUT2D eigenvalue weighted by atomic mass is 16.6. The molecule has 0 N–H and O–H groups in total. The number of ether oxygens (including phenoxy) is 4. The standard InChI is InChI=1S/C46H45BN2O5/c1-26-20-29(46(6,7)8)21-27(2)43(26)49-34-11-9-10-33-42(34)47(41-31-22-28(45(3,4)5)12-14-36(31)54-44(41)49)32-24-39-40(53-19-18-52-39)25-35(32)48(33)30-13-15-37-38(23-30)51-17-16-50-37/h9-15,20-25H,16-19H2,1-8H3. The SMILES string of the molecule is Cc1cc(C(C)(C)C)cc(C)c1N1c2cccc3c2B(c2cc4c(cc2N3c2ccc3c(c2)OCCO3)OCCO4)c2c1oc1ccc(C(C)(C)C)cc21. The maximum absolute atomic E-state index is 7.11. The van der Waals surface area contributed by atoms with Gasteiger partial charge in [-0.25, -0.2) is 0 Å². The van der Waals surface area contributed by atoms with Crippen LogP contribution in [0.2, 0.25) is 0 Å². The van der Waals surface area contributed by atoms with Crippen molar-refractivity contribution in [3.05, 3.63) is 101 Å². The molecule has 0 atom stereocenters. The van der Waals surface area contributed by atoms with Crippen LogP contribution in [0, 0.1) is 13.8 Å². The Hall–Kier alpha value is -5.50. The van der Waals surface area contributed by atoms with Crippen molar-refractivity contribution in [1.29, 1.82) is 0 Å². The lowest BCUT2D eigenvalue weighted by molar-refractivity contribution is 0.171. The van der Waals surface area contributed by atoms with E-state index in [9.17, 15) is 0 Å². The fourth-order valence-corrected chi connectivity index (χ4v) is 8.87. The van der Waals surface area contributed by atoms with Gasteiger partial charge in [-0.15, -0.1) is 0 Å².